The predicted octanol–water partition coefficient (Wildman–Crippen LogP) is 0.685. The standard InChI is InChI=1S/C15H19FN2O3/c1-21-11-15(20)18-8-6-17(7-9-18)14(19)10-12-2-4-13(16)5-3-12/h2-5H,6-11H2,1H3. The Kier molecular flexibility index (Phi) is 5.27. The van der Waals surface area contributed by atoms with Gasteiger partial charge in [0.2, 0.25) is 11.8 Å². The summed E-state index contributed by atoms with van der Waals surface area (Å²) in [7, 11) is 1.49. The fourth-order valence-electron chi connectivity index (χ4n) is 2.31. The Morgan fingerprint density at radius 1 is 1.05 bits per heavy atom. The van der Waals surface area contributed by atoms with Crippen molar-refractivity contribution < 1.29 is 18.7 Å². The predicted molar refractivity (Wildman–Crippen MR) is 75.1 cm³/mol. The maximum atomic E-state index is 12.8. The highest BCUT2D eigenvalue weighted by Gasteiger charge is 2.23. The highest BCUT2D eigenvalue weighted by molar-refractivity contribution is 5.80. The number of carbonyl (C=O) groups excluding carboxylic acids is 2. The van der Waals surface area contributed by atoms with Crippen LogP contribution in [0.2, 0.25) is 0 Å². The largest absolute Gasteiger partial charge is 0.375 e. The summed E-state index contributed by atoms with van der Waals surface area (Å²) in [5, 5.41) is 0. The van der Waals surface area contributed by atoms with Crippen molar-refractivity contribution in [1.29, 1.82) is 0 Å². The van der Waals surface area contributed by atoms with Gasteiger partial charge in [0.25, 0.3) is 0 Å². The first-order chi connectivity index (χ1) is 10.1. The molecule has 2 amide bonds. The third-order valence-electron chi connectivity index (χ3n) is 3.52. The second-order valence-electron chi connectivity index (χ2n) is 5.00. The fraction of sp³-hybridized carbons (Fsp3) is 0.467. The van der Waals surface area contributed by atoms with Gasteiger partial charge in [-0.1, -0.05) is 12.1 Å². The van der Waals surface area contributed by atoms with Crippen LogP contribution in [0.1, 0.15) is 5.56 Å². The molecule has 1 aromatic rings. The molecule has 0 saturated carbocycles. The molecule has 0 atom stereocenters. The van der Waals surface area contributed by atoms with Gasteiger partial charge in [0.1, 0.15) is 12.4 Å². The lowest BCUT2D eigenvalue weighted by molar-refractivity contribution is -0.141. The second-order valence-corrected chi connectivity index (χ2v) is 5.00. The zero-order valence-corrected chi connectivity index (χ0v) is 12.0. The van der Waals surface area contributed by atoms with Gasteiger partial charge >= 0.3 is 0 Å². The SMILES string of the molecule is COCC(=O)N1CCN(C(=O)Cc2ccc(F)cc2)CC1. The lowest BCUT2D eigenvalue weighted by Gasteiger charge is -2.34. The van der Waals surface area contributed by atoms with Gasteiger partial charge in [-0.25, -0.2) is 4.39 Å². The van der Waals surface area contributed by atoms with Crippen LogP contribution >= 0.6 is 0 Å². The van der Waals surface area contributed by atoms with Crippen molar-refractivity contribution in [2.24, 2.45) is 0 Å². The van der Waals surface area contributed by atoms with Crippen molar-refractivity contribution in [2.75, 3.05) is 39.9 Å². The number of piperazine rings is 1. The van der Waals surface area contributed by atoms with Gasteiger partial charge in [0.05, 0.1) is 6.42 Å². The quantitative estimate of drug-likeness (QED) is 0.821. The summed E-state index contributed by atoms with van der Waals surface area (Å²) in [5.41, 5.74) is 0.791. The molecule has 0 radical (unpaired) electrons. The Labute approximate surface area is 123 Å². The molecule has 1 fully saturated rings. The third kappa shape index (κ3) is 4.26. The minimum absolute atomic E-state index is 0.000415. The van der Waals surface area contributed by atoms with Crippen LogP contribution in [0.15, 0.2) is 24.3 Å². The molecule has 21 heavy (non-hydrogen) atoms. The Morgan fingerprint density at radius 2 is 1.57 bits per heavy atom. The molecule has 0 unspecified atom stereocenters. The van der Waals surface area contributed by atoms with Crippen LogP contribution in [0.4, 0.5) is 4.39 Å². The number of hydrogen-bond donors (Lipinski definition) is 0. The van der Waals surface area contributed by atoms with E-state index in [4.69, 9.17) is 4.74 Å². The third-order valence-corrected chi connectivity index (χ3v) is 3.52. The number of rotatable bonds is 4. The van der Waals surface area contributed by atoms with Crippen molar-refractivity contribution in [3.63, 3.8) is 0 Å². The molecule has 0 N–H and O–H groups in total. The van der Waals surface area contributed by atoms with Crippen molar-refractivity contribution in [3.05, 3.63) is 35.6 Å². The van der Waals surface area contributed by atoms with Crippen LogP contribution in [0, 0.1) is 5.82 Å². The molecular formula is C15H19FN2O3. The number of carbonyl (C=O) groups is 2. The Bertz CT molecular complexity index is 496. The van der Waals surface area contributed by atoms with Crippen LogP contribution in [0.5, 0.6) is 0 Å². The highest BCUT2D eigenvalue weighted by atomic mass is 19.1. The van der Waals surface area contributed by atoms with E-state index in [1.807, 2.05) is 0 Å². The van der Waals surface area contributed by atoms with Gasteiger partial charge in [0.15, 0.2) is 0 Å². The van der Waals surface area contributed by atoms with Gasteiger partial charge in [-0.15, -0.1) is 0 Å². The number of nitrogens with zero attached hydrogens (tertiary/aromatic N) is 2. The number of methoxy groups -OCH3 is 1. The van der Waals surface area contributed by atoms with Gasteiger partial charge in [-0.2, -0.15) is 0 Å². The second kappa shape index (κ2) is 7.17. The Balaban J connectivity index is 1.83. The highest BCUT2D eigenvalue weighted by Crippen LogP contribution is 2.08. The van der Waals surface area contributed by atoms with Gasteiger partial charge in [0, 0.05) is 33.3 Å². The zero-order chi connectivity index (χ0) is 15.2. The maximum absolute atomic E-state index is 12.8. The van der Waals surface area contributed by atoms with E-state index in [9.17, 15) is 14.0 Å². The van der Waals surface area contributed by atoms with Gasteiger partial charge < -0.3 is 14.5 Å². The minimum Gasteiger partial charge on any atom is -0.375 e. The van der Waals surface area contributed by atoms with Crippen LogP contribution in [-0.2, 0) is 20.7 Å². The smallest absolute Gasteiger partial charge is 0.248 e. The molecule has 1 heterocycles. The van der Waals surface area contributed by atoms with Crippen LogP contribution in [-0.4, -0.2) is 61.5 Å². The zero-order valence-electron chi connectivity index (χ0n) is 12.0. The lowest BCUT2D eigenvalue weighted by Crippen LogP contribution is -2.51. The van der Waals surface area contributed by atoms with Crippen molar-refractivity contribution in [3.8, 4) is 0 Å². The monoisotopic (exact) mass is 294 g/mol. The molecule has 0 bridgehead atoms. The summed E-state index contributed by atoms with van der Waals surface area (Å²) in [5.74, 6) is -0.361. The van der Waals surface area contributed by atoms with Crippen LogP contribution < -0.4 is 0 Å². The number of benzene rings is 1. The molecule has 114 valence electrons. The topological polar surface area (TPSA) is 49.9 Å². The van der Waals surface area contributed by atoms with E-state index in [2.05, 4.69) is 0 Å². The first-order valence-electron chi connectivity index (χ1n) is 6.89. The van der Waals surface area contributed by atoms with E-state index in [1.165, 1.54) is 19.2 Å². The molecule has 1 aromatic carbocycles. The first kappa shape index (κ1) is 15.4. The van der Waals surface area contributed by atoms with Crippen molar-refractivity contribution in [1.82, 2.24) is 9.80 Å². The summed E-state index contributed by atoms with van der Waals surface area (Å²) < 4.78 is 17.6. The summed E-state index contributed by atoms with van der Waals surface area (Å²) >= 11 is 0. The lowest BCUT2D eigenvalue weighted by atomic mass is 10.1. The molecule has 1 aliphatic rings. The molecule has 0 aromatic heterocycles. The normalized spacial score (nSPS) is 15.1. The summed E-state index contributed by atoms with van der Waals surface area (Å²) in [6.07, 6.45) is 0.256. The van der Waals surface area contributed by atoms with E-state index in [1.54, 1.807) is 21.9 Å². The summed E-state index contributed by atoms with van der Waals surface area (Å²) in [6.45, 7) is 2.17. The van der Waals surface area contributed by atoms with Crippen LogP contribution in [0.3, 0.4) is 0 Å². The molecule has 2 rings (SSSR count). The summed E-state index contributed by atoms with van der Waals surface area (Å²) in [6, 6.07) is 5.94. The average molecular weight is 294 g/mol. The van der Waals surface area contributed by atoms with E-state index in [0.29, 0.717) is 26.2 Å². The number of hydrogen-bond acceptors (Lipinski definition) is 3. The van der Waals surface area contributed by atoms with Gasteiger partial charge in [-0.05, 0) is 17.7 Å². The molecule has 1 saturated heterocycles. The van der Waals surface area contributed by atoms with Crippen molar-refractivity contribution >= 4 is 11.8 Å². The van der Waals surface area contributed by atoms with E-state index >= 15 is 0 Å². The molecule has 5 nitrogen and oxygen atoms in total. The number of amides is 2. The number of ether oxygens (including phenoxy) is 1. The Hall–Kier alpha value is -1.95. The molecule has 1 aliphatic heterocycles. The molecule has 0 aliphatic carbocycles. The summed E-state index contributed by atoms with van der Waals surface area (Å²) in [4.78, 5) is 27.3. The minimum atomic E-state index is -0.309. The fourth-order valence-corrected chi connectivity index (χ4v) is 2.31. The van der Waals surface area contributed by atoms with E-state index < -0.39 is 0 Å². The molecular weight excluding hydrogens is 275 g/mol. The Morgan fingerprint density at radius 3 is 2.10 bits per heavy atom. The van der Waals surface area contributed by atoms with E-state index in [0.717, 1.165) is 5.56 Å². The van der Waals surface area contributed by atoms with E-state index in [-0.39, 0.29) is 30.7 Å². The van der Waals surface area contributed by atoms with Gasteiger partial charge in [-0.3, -0.25) is 9.59 Å². The van der Waals surface area contributed by atoms with Crippen LogP contribution in [0.25, 0.3) is 0 Å². The van der Waals surface area contributed by atoms with Crippen molar-refractivity contribution in [2.45, 2.75) is 6.42 Å². The number of halogens is 1. The average Bonchev–Trinajstić information content (AvgIpc) is 2.50. The molecule has 6 heteroatoms. The first-order valence-corrected chi connectivity index (χ1v) is 6.89. The molecule has 0 spiro atoms. The maximum Gasteiger partial charge on any atom is 0.248 e.